The molecule has 0 spiro atoms. The Bertz CT molecular complexity index is 1010. The van der Waals surface area contributed by atoms with Crippen LogP contribution in [0, 0.1) is 19.8 Å². The Kier molecular flexibility index (Phi) is 10.3. The van der Waals surface area contributed by atoms with Gasteiger partial charge in [-0.1, -0.05) is 0 Å². The number of ether oxygens (including phenoxy) is 1. The van der Waals surface area contributed by atoms with E-state index in [9.17, 15) is 9.00 Å². The molecule has 1 aliphatic rings. The number of carbonyl (C=O) groups is 1. The van der Waals surface area contributed by atoms with Gasteiger partial charge in [0.05, 0.1) is 12.0 Å². The molecule has 0 saturated carbocycles. The average Bonchev–Trinajstić information content (AvgIpc) is 2.86. The van der Waals surface area contributed by atoms with Gasteiger partial charge in [-0.15, -0.1) is 0 Å². The van der Waals surface area contributed by atoms with Gasteiger partial charge in [-0.05, 0) is 107 Å². The fourth-order valence-corrected chi connectivity index (χ4v) is 5.94. The Labute approximate surface area is 219 Å². The van der Waals surface area contributed by atoms with Crippen molar-refractivity contribution in [3.8, 4) is 5.75 Å². The summed E-state index contributed by atoms with van der Waals surface area (Å²) >= 11 is 0. The summed E-state index contributed by atoms with van der Waals surface area (Å²) in [5, 5.41) is 2.97. The lowest BCUT2D eigenvalue weighted by molar-refractivity contribution is -0.116. The van der Waals surface area contributed by atoms with Crippen LogP contribution in [0.15, 0.2) is 41.3 Å². The molecule has 0 aliphatic carbocycles. The molecule has 36 heavy (non-hydrogen) atoms. The Morgan fingerprint density at radius 3 is 2.22 bits per heavy atom. The molecule has 2 aromatic carbocycles. The summed E-state index contributed by atoms with van der Waals surface area (Å²) in [5.41, 5.74) is 3.83. The smallest absolute Gasteiger partial charge is 0.225 e. The molecule has 0 aromatic heterocycles. The van der Waals surface area contributed by atoms with Crippen LogP contribution in [0.25, 0.3) is 0 Å². The second kappa shape index (κ2) is 13.2. The highest BCUT2D eigenvalue weighted by molar-refractivity contribution is 7.82. The maximum absolute atomic E-state index is 13.1. The number of hydrogen-bond acceptors (Lipinski definition) is 5. The van der Waals surface area contributed by atoms with Gasteiger partial charge in [-0.25, -0.2) is 8.51 Å². The summed E-state index contributed by atoms with van der Waals surface area (Å²) < 4.78 is 20.1. The topological polar surface area (TPSA) is 65.1 Å². The van der Waals surface area contributed by atoms with Crippen LogP contribution in [0.2, 0.25) is 0 Å². The normalized spacial score (nSPS) is 15.4. The van der Waals surface area contributed by atoms with Crippen molar-refractivity contribution in [1.29, 1.82) is 0 Å². The van der Waals surface area contributed by atoms with Gasteiger partial charge in [-0.2, -0.15) is 0 Å². The number of nitrogens with zero attached hydrogens (tertiary/aromatic N) is 3. The van der Waals surface area contributed by atoms with E-state index in [1.165, 1.54) is 24.9 Å². The largest absolute Gasteiger partial charge is 0.497 e. The van der Waals surface area contributed by atoms with Crippen LogP contribution in [0.5, 0.6) is 5.75 Å². The standard InChI is InChI=1S/C28H42N4O3S/c1-21-19-26(35-6)20-22(2)28(21)36(34)31(5)16-14-27(33)29-24-7-9-25(10-8-24)32-17-12-23(13-18-32)11-15-30(3)4/h7-10,19-20,23H,11-18H2,1-6H3,(H,29,33). The van der Waals surface area contributed by atoms with Crippen LogP contribution in [0.4, 0.5) is 11.4 Å². The molecule has 2 aromatic rings. The maximum Gasteiger partial charge on any atom is 0.225 e. The predicted octanol–water partition coefficient (Wildman–Crippen LogP) is 4.46. The summed E-state index contributed by atoms with van der Waals surface area (Å²) in [7, 11) is 6.34. The molecule has 1 saturated heterocycles. The first-order chi connectivity index (χ1) is 17.2. The second-order valence-electron chi connectivity index (χ2n) is 10.1. The molecular formula is C28H42N4O3S. The minimum absolute atomic E-state index is 0.0866. The van der Waals surface area contributed by atoms with E-state index in [1.807, 2.05) is 38.1 Å². The summed E-state index contributed by atoms with van der Waals surface area (Å²) in [6, 6.07) is 11.9. The molecule has 1 amide bonds. The van der Waals surface area contributed by atoms with Crippen LogP contribution in [-0.4, -0.2) is 73.8 Å². The summed E-state index contributed by atoms with van der Waals surface area (Å²) in [5.74, 6) is 1.48. The first-order valence-electron chi connectivity index (χ1n) is 12.8. The van der Waals surface area contributed by atoms with Crippen LogP contribution in [-0.2, 0) is 15.8 Å². The number of amides is 1. The van der Waals surface area contributed by atoms with Gasteiger partial charge in [-0.3, -0.25) is 4.79 Å². The number of benzene rings is 2. The van der Waals surface area contributed by atoms with Gasteiger partial charge in [0, 0.05) is 44.5 Å². The third kappa shape index (κ3) is 7.79. The second-order valence-corrected chi connectivity index (χ2v) is 11.6. The molecule has 1 aliphatic heterocycles. The van der Waals surface area contributed by atoms with Crippen LogP contribution >= 0.6 is 0 Å². The van der Waals surface area contributed by atoms with E-state index in [1.54, 1.807) is 18.5 Å². The van der Waals surface area contributed by atoms with Crippen molar-refractivity contribution in [2.45, 2.75) is 44.4 Å². The molecule has 1 heterocycles. The first kappa shape index (κ1) is 28.2. The average molecular weight is 515 g/mol. The van der Waals surface area contributed by atoms with Gasteiger partial charge < -0.3 is 19.9 Å². The zero-order valence-electron chi connectivity index (χ0n) is 22.7. The SMILES string of the molecule is COc1cc(C)c(S(=O)N(C)CCC(=O)Nc2ccc(N3CCC(CCN(C)C)CC3)cc2)c(C)c1. The highest BCUT2D eigenvalue weighted by Crippen LogP contribution is 2.27. The van der Waals surface area contributed by atoms with E-state index in [4.69, 9.17) is 4.74 Å². The van der Waals surface area contributed by atoms with Gasteiger partial charge in [0.2, 0.25) is 5.91 Å². The maximum atomic E-state index is 13.1. The molecule has 0 bridgehead atoms. The highest BCUT2D eigenvalue weighted by atomic mass is 32.2. The Morgan fingerprint density at radius 1 is 1.06 bits per heavy atom. The lowest BCUT2D eigenvalue weighted by Crippen LogP contribution is -2.34. The van der Waals surface area contributed by atoms with E-state index in [2.05, 4.69) is 41.3 Å². The molecule has 8 heteroatoms. The van der Waals surface area contributed by atoms with Crippen molar-refractivity contribution in [2.24, 2.45) is 5.92 Å². The zero-order chi connectivity index (χ0) is 26.2. The van der Waals surface area contributed by atoms with Crippen molar-refractivity contribution in [2.75, 3.05) is 64.6 Å². The number of hydrogen-bond donors (Lipinski definition) is 1. The van der Waals surface area contributed by atoms with Gasteiger partial charge >= 0.3 is 0 Å². The molecule has 1 N–H and O–H groups in total. The van der Waals surface area contributed by atoms with E-state index in [0.29, 0.717) is 6.54 Å². The minimum atomic E-state index is -1.35. The van der Waals surface area contributed by atoms with Crippen molar-refractivity contribution in [3.05, 3.63) is 47.5 Å². The molecule has 1 fully saturated rings. The fraction of sp³-hybridized carbons (Fsp3) is 0.536. The van der Waals surface area contributed by atoms with Gasteiger partial charge in [0.25, 0.3) is 0 Å². The minimum Gasteiger partial charge on any atom is -0.497 e. The molecule has 0 radical (unpaired) electrons. The van der Waals surface area contributed by atoms with E-state index >= 15 is 0 Å². The third-order valence-corrected chi connectivity index (χ3v) is 8.64. The number of methoxy groups -OCH3 is 1. The van der Waals surface area contributed by atoms with Gasteiger partial charge in [0.1, 0.15) is 16.7 Å². The van der Waals surface area contributed by atoms with Gasteiger partial charge in [0.15, 0.2) is 0 Å². The number of anilines is 2. The molecule has 1 atom stereocenters. The first-order valence-corrected chi connectivity index (χ1v) is 13.9. The van der Waals surface area contributed by atoms with E-state index in [0.717, 1.165) is 53.0 Å². The number of rotatable bonds is 11. The third-order valence-electron chi connectivity index (χ3n) is 6.90. The Hall–Kier alpha value is -2.42. The summed E-state index contributed by atoms with van der Waals surface area (Å²) in [6.07, 6.45) is 4.00. The van der Waals surface area contributed by atoms with E-state index in [-0.39, 0.29) is 12.3 Å². The summed E-state index contributed by atoms with van der Waals surface area (Å²) in [6.45, 7) is 7.58. The molecule has 7 nitrogen and oxygen atoms in total. The van der Waals surface area contributed by atoms with Crippen molar-refractivity contribution in [3.63, 3.8) is 0 Å². The number of piperidine rings is 1. The molecule has 3 rings (SSSR count). The van der Waals surface area contributed by atoms with Crippen molar-refractivity contribution in [1.82, 2.24) is 9.21 Å². The molecule has 198 valence electrons. The van der Waals surface area contributed by atoms with Crippen molar-refractivity contribution >= 4 is 28.3 Å². The predicted molar refractivity (Wildman–Crippen MR) is 149 cm³/mol. The quantitative estimate of drug-likeness (QED) is 0.480. The number of aryl methyl sites for hydroxylation is 2. The summed E-state index contributed by atoms with van der Waals surface area (Å²) in [4.78, 5) is 18.0. The number of carbonyl (C=O) groups excluding carboxylic acids is 1. The van der Waals surface area contributed by atoms with Crippen molar-refractivity contribution < 1.29 is 13.7 Å². The Balaban J connectivity index is 1.46. The fourth-order valence-electron chi connectivity index (χ4n) is 4.70. The van der Waals surface area contributed by atoms with Crippen LogP contribution in [0.1, 0.15) is 36.8 Å². The lowest BCUT2D eigenvalue weighted by atomic mass is 9.93. The Morgan fingerprint density at radius 2 is 1.67 bits per heavy atom. The highest BCUT2D eigenvalue weighted by Gasteiger charge is 2.20. The monoisotopic (exact) mass is 514 g/mol. The lowest BCUT2D eigenvalue weighted by Gasteiger charge is -2.34. The zero-order valence-corrected chi connectivity index (χ0v) is 23.5. The number of nitrogens with one attached hydrogen (secondary N) is 1. The molecule has 1 unspecified atom stereocenters. The molecular weight excluding hydrogens is 472 g/mol. The van der Waals surface area contributed by atoms with Crippen LogP contribution < -0.4 is 15.0 Å². The van der Waals surface area contributed by atoms with Crippen LogP contribution in [0.3, 0.4) is 0 Å². The van der Waals surface area contributed by atoms with E-state index < -0.39 is 11.0 Å².